The van der Waals surface area contributed by atoms with E-state index in [0.29, 0.717) is 0 Å². The van der Waals surface area contributed by atoms with Gasteiger partial charge in [-0.3, -0.25) is 0 Å². The highest BCUT2D eigenvalue weighted by molar-refractivity contribution is 7.26. The van der Waals surface area contributed by atoms with Gasteiger partial charge in [0.15, 0.2) is 0 Å². The molecule has 0 aliphatic rings. The van der Waals surface area contributed by atoms with Crippen molar-refractivity contribution in [3.8, 4) is 11.3 Å². The molecule has 5 heteroatoms. The molecule has 0 unspecified atom stereocenters. The highest BCUT2D eigenvalue weighted by Gasteiger charge is 2.15. The summed E-state index contributed by atoms with van der Waals surface area (Å²) in [6.45, 7) is 0. The minimum atomic E-state index is 0.251. The summed E-state index contributed by atoms with van der Waals surface area (Å²) in [5.41, 5.74) is 2.73. The first kappa shape index (κ1) is 13.0. The molecule has 0 fully saturated rings. The van der Waals surface area contributed by atoms with Gasteiger partial charge in [0.1, 0.15) is 0 Å². The number of aromatic nitrogens is 2. The summed E-state index contributed by atoms with van der Waals surface area (Å²) < 4.78 is 2.02. The average molecular weight is 331 g/mol. The van der Waals surface area contributed by atoms with Gasteiger partial charge in [-0.1, -0.05) is 54.1 Å². The Morgan fingerprint density at radius 1 is 0.810 bits per heavy atom. The minimum Gasteiger partial charge on any atom is -0.216 e. The van der Waals surface area contributed by atoms with Crippen molar-refractivity contribution in [1.29, 1.82) is 0 Å². The van der Waals surface area contributed by atoms with Gasteiger partial charge < -0.3 is 0 Å². The molecule has 0 bridgehead atoms. The lowest BCUT2D eigenvalue weighted by molar-refractivity contribution is 1.24. The quantitative estimate of drug-likeness (QED) is 0.411. The molecule has 0 amide bonds. The van der Waals surface area contributed by atoms with Gasteiger partial charge in [-0.05, 0) is 17.7 Å². The van der Waals surface area contributed by atoms with Crippen LogP contribution in [0.2, 0.25) is 10.3 Å². The molecule has 0 saturated carbocycles. The lowest BCUT2D eigenvalue weighted by Gasteiger charge is -2.02. The van der Waals surface area contributed by atoms with Gasteiger partial charge in [-0.15, -0.1) is 11.3 Å². The van der Waals surface area contributed by atoms with Crippen molar-refractivity contribution < 1.29 is 0 Å². The fraction of sp³-hybridized carbons (Fsp3) is 0. The molecule has 0 atom stereocenters. The Labute approximate surface area is 135 Å². The van der Waals surface area contributed by atoms with E-state index >= 15 is 0 Å². The van der Waals surface area contributed by atoms with E-state index in [1.54, 1.807) is 11.3 Å². The maximum Gasteiger partial charge on any atom is 0.223 e. The van der Waals surface area contributed by atoms with Gasteiger partial charge in [0.25, 0.3) is 0 Å². The van der Waals surface area contributed by atoms with Crippen LogP contribution in [-0.4, -0.2) is 9.97 Å². The SMILES string of the molecule is Clc1nc(-c2ccccc2)c2sc3c(Cl)cccc3c2n1. The molecule has 4 aromatic rings. The van der Waals surface area contributed by atoms with E-state index in [1.165, 1.54) is 0 Å². The number of halogens is 2. The number of fused-ring (bicyclic) bond motifs is 3. The van der Waals surface area contributed by atoms with Gasteiger partial charge in [0, 0.05) is 10.9 Å². The van der Waals surface area contributed by atoms with Gasteiger partial charge in [-0.2, -0.15) is 0 Å². The Balaban J connectivity index is 2.17. The predicted octanol–water partition coefficient (Wildman–Crippen LogP) is 5.82. The lowest BCUT2D eigenvalue weighted by Crippen LogP contribution is -1.88. The summed E-state index contributed by atoms with van der Waals surface area (Å²) in [6, 6.07) is 15.8. The van der Waals surface area contributed by atoms with Crippen molar-refractivity contribution in [2.45, 2.75) is 0 Å². The molecule has 0 radical (unpaired) electrons. The summed E-state index contributed by atoms with van der Waals surface area (Å²) in [6.07, 6.45) is 0. The summed E-state index contributed by atoms with van der Waals surface area (Å²) in [5.74, 6) is 0. The molecule has 0 N–H and O–H groups in total. The van der Waals surface area contributed by atoms with Crippen LogP contribution in [0.3, 0.4) is 0 Å². The second kappa shape index (κ2) is 4.95. The first-order valence-electron chi connectivity index (χ1n) is 6.34. The molecule has 0 aliphatic heterocycles. The molecule has 2 aromatic carbocycles. The van der Waals surface area contributed by atoms with Crippen molar-refractivity contribution in [3.05, 3.63) is 58.8 Å². The van der Waals surface area contributed by atoms with Gasteiger partial charge in [0.05, 0.1) is 25.6 Å². The van der Waals surface area contributed by atoms with E-state index in [2.05, 4.69) is 9.97 Å². The number of nitrogens with zero attached hydrogens (tertiary/aromatic N) is 2. The van der Waals surface area contributed by atoms with Crippen LogP contribution in [0, 0.1) is 0 Å². The summed E-state index contributed by atoms with van der Waals surface area (Å²) in [5, 5.41) is 2.00. The van der Waals surface area contributed by atoms with Crippen molar-refractivity contribution in [2.24, 2.45) is 0 Å². The number of rotatable bonds is 1. The molecular weight excluding hydrogens is 323 g/mol. The normalized spacial score (nSPS) is 11.3. The Morgan fingerprint density at radius 2 is 1.62 bits per heavy atom. The summed E-state index contributed by atoms with van der Waals surface area (Å²) in [4.78, 5) is 8.82. The van der Waals surface area contributed by atoms with E-state index < -0.39 is 0 Å². The van der Waals surface area contributed by atoms with Crippen LogP contribution in [0.15, 0.2) is 48.5 Å². The second-order valence-corrected chi connectivity index (χ2v) is 6.37. The molecule has 2 nitrogen and oxygen atoms in total. The monoisotopic (exact) mass is 330 g/mol. The van der Waals surface area contributed by atoms with E-state index in [-0.39, 0.29) is 5.28 Å². The zero-order valence-electron chi connectivity index (χ0n) is 10.7. The van der Waals surface area contributed by atoms with Crippen LogP contribution in [0.25, 0.3) is 31.6 Å². The van der Waals surface area contributed by atoms with E-state index in [1.807, 2.05) is 48.5 Å². The summed E-state index contributed by atoms with van der Waals surface area (Å²) >= 11 is 14.0. The van der Waals surface area contributed by atoms with Gasteiger partial charge in [0.2, 0.25) is 5.28 Å². The molecular formula is C16H8Cl2N2S. The number of hydrogen-bond acceptors (Lipinski definition) is 3. The Morgan fingerprint density at radius 3 is 2.43 bits per heavy atom. The maximum atomic E-state index is 6.30. The van der Waals surface area contributed by atoms with Crippen LogP contribution in [0.1, 0.15) is 0 Å². The van der Waals surface area contributed by atoms with E-state index in [0.717, 1.165) is 36.6 Å². The number of thiophene rings is 1. The van der Waals surface area contributed by atoms with Crippen LogP contribution < -0.4 is 0 Å². The zero-order chi connectivity index (χ0) is 14.4. The Kier molecular flexibility index (Phi) is 3.07. The minimum absolute atomic E-state index is 0.251. The lowest BCUT2D eigenvalue weighted by atomic mass is 10.1. The molecule has 21 heavy (non-hydrogen) atoms. The van der Waals surface area contributed by atoms with Crippen LogP contribution in [0.5, 0.6) is 0 Å². The third-order valence-electron chi connectivity index (χ3n) is 3.31. The summed E-state index contributed by atoms with van der Waals surface area (Å²) in [7, 11) is 0. The molecule has 102 valence electrons. The molecule has 2 aromatic heterocycles. The fourth-order valence-electron chi connectivity index (χ4n) is 2.40. The van der Waals surface area contributed by atoms with E-state index in [4.69, 9.17) is 23.2 Å². The number of hydrogen-bond donors (Lipinski definition) is 0. The van der Waals surface area contributed by atoms with Crippen molar-refractivity contribution >= 4 is 54.8 Å². The van der Waals surface area contributed by atoms with Crippen LogP contribution in [-0.2, 0) is 0 Å². The highest BCUT2D eigenvalue weighted by Crippen LogP contribution is 2.41. The third-order valence-corrected chi connectivity index (χ3v) is 5.14. The van der Waals surface area contributed by atoms with Gasteiger partial charge in [-0.25, -0.2) is 9.97 Å². The van der Waals surface area contributed by atoms with Crippen molar-refractivity contribution in [1.82, 2.24) is 9.97 Å². The van der Waals surface area contributed by atoms with Crippen molar-refractivity contribution in [2.75, 3.05) is 0 Å². The molecule has 4 rings (SSSR count). The molecule has 0 saturated heterocycles. The smallest absolute Gasteiger partial charge is 0.216 e. The average Bonchev–Trinajstić information content (AvgIpc) is 2.88. The van der Waals surface area contributed by atoms with Crippen LogP contribution >= 0.6 is 34.5 Å². The zero-order valence-corrected chi connectivity index (χ0v) is 13.0. The molecule has 0 aliphatic carbocycles. The number of benzene rings is 2. The Hall–Kier alpha value is -1.68. The third kappa shape index (κ3) is 2.09. The topological polar surface area (TPSA) is 25.8 Å². The second-order valence-electron chi connectivity index (χ2n) is 4.60. The van der Waals surface area contributed by atoms with Gasteiger partial charge >= 0.3 is 0 Å². The fourth-order valence-corrected chi connectivity index (χ4v) is 4.01. The van der Waals surface area contributed by atoms with Crippen molar-refractivity contribution in [3.63, 3.8) is 0 Å². The highest BCUT2D eigenvalue weighted by atomic mass is 35.5. The standard InChI is InChI=1S/C16H8Cl2N2S/c17-11-8-4-7-10-13-15(21-14(10)11)12(19-16(18)20-13)9-5-2-1-3-6-9/h1-8H. The van der Waals surface area contributed by atoms with E-state index in [9.17, 15) is 0 Å². The Bertz CT molecular complexity index is 964. The van der Waals surface area contributed by atoms with Crippen LogP contribution in [0.4, 0.5) is 0 Å². The molecule has 2 heterocycles. The largest absolute Gasteiger partial charge is 0.223 e. The maximum absolute atomic E-state index is 6.30. The predicted molar refractivity (Wildman–Crippen MR) is 90.4 cm³/mol. The first-order valence-corrected chi connectivity index (χ1v) is 7.91. The first-order chi connectivity index (χ1) is 10.2. The molecule has 0 spiro atoms.